The minimum Gasteiger partial charge on any atom is -0.466 e. The lowest BCUT2D eigenvalue weighted by Gasteiger charge is -2.40. The first-order valence-electron chi connectivity index (χ1n) is 37.5. The summed E-state index contributed by atoms with van der Waals surface area (Å²) in [7, 11) is 0. The Labute approximate surface area is 541 Å². The fourth-order valence-corrected chi connectivity index (χ4v) is 11.8. The summed E-state index contributed by atoms with van der Waals surface area (Å²) < 4.78 is 16.7. The van der Waals surface area contributed by atoms with Crippen molar-refractivity contribution < 1.29 is 49.3 Å². The molecule has 0 aliphatic carbocycles. The molecule has 0 saturated carbocycles. The molecule has 88 heavy (non-hydrogen) atoms. The van der Waals surface area contributed by atoms with Gasteiger partial charge in [-0.1, -0.05) is 299 Å². The van der Waals surface area contributed by atoms with Crippen LogP contribution in [0.25, 0.3) is 0 Å². The number of carbonyl (C=O) groups is 2. The fourth-order valence-electron chi connectivity index (χ4n) is 11.8. The number of carbonyl (C=O) groups excluding carboxylic acids is 2. The number of amides is 1. The smallest absolute Gasteiger partial charge is 0.305 e. The molecule has 1 heterocycles. The second-order valence-corrected chi connectivity index (χ2v) is 26.0. The minimum absolute atomic E-state index is 0.00983. The molecule has 1 amide bonds. The number of hydrogen-bond acceptors (Lipinski definition) is 10. The van der Waals surface area contributed by atoms with E-state index in [-0.39, 0.29) is 18.5 Å². The zero-order valence-electron chi connectivity index (χ0n) is 57.2. The third-order valence-electron chi connectivity index (χ3n) is 17.6. The van der Waals surface area contributed by atoms with Gasteiger partial charge in [-0.2, -0.15) is 0 Å². The van der Waals surface area contributed by atoms with Crippen molar-refractivity contribution in [1.29, 1.82) is 0 Å². The van der Waals surface area contributed by atoms with Gasteiger partial charge in [0.2, 0.25) is 5.91 Å². The Morgan fingerprint density at radius 2 is 0.784 bits per heavy atom. The molecule has 11 nitrogen and oxygen atoms in total. The van der Waals surface area contributed by atoms with Crippen LogP contribution in [0.15, 0.2) is 60.8 Å². The van der Waals surface area contributed by atoms with Crippen LogP contribution < -0.4 is 5.32 Å². The highest BCUT2D eigenvalue weighted by Crippen LogP contribution is 2.23. The number of allylic oxidation sites excluding steroid dienone is 9. The molecule has 1 rings (SSSR count). The Bertz CT molecular complexity index is 1650. The van der Waals surface area contributed by atoms with Gasteiger partial charge < -0.3 is 45.1 Å². The van der Waals surface area contributed by atoms with Crippen molar-refractivity contribution in [2.24, 2.45) is 0 Å². The van der Waals surface area contributed by atoms with Crippen LogP contribution in [-0.4, -0.2) is 100 Å². The summed E-state index contributed by atoms with van der Waals surface area (Å²) in [4.78, 5) is 25.1. The quantitative estimate of drug-likeness (QED) is 0.0195. The molecule has 7 atom stereocenters. The highest BCUT2D eigenvalue weighted by Gasteiger charge is 2.44. The van der Waals surface area contributed by atoms with E-state index in [1.165, 1.54) is 263 Å². The first-order chi connectivity index (χ1) is 43.2. The molecule has 1 fully saturated rings. The lowest BCUT2D eigenvalue weighted by molar-refractivity contribution is -0.302. The second kappa shape index (κ2) is 65.8. The number of ether oxygens (including phenoxy) is 3. The number of aliphatic hydroxyl groups is 5. The van der Waals surface area contributed by atoms with Crippen LogP contribution in [0.2, 0.25) is 0 Å². The highest BCUT2D eigenvalue weighted by atomic mass is 16.7. The Morgan fingerprint density at radius 3 is 1.19 bits per heavy atom. The van der Waals surface area contributed by atoms with Crippen LogP contribution in [0, 0.1) is 0 Å². The van der Waals surface area contributed by atoms with E-state index in [9.17, 15) is 35.1 Å². The van der Waals surface area contributed by atoms with Gasteiger partial charge in [-0.05, 0) is 103 Å². The van der Waals surface area contributed by atoms with Crippen molar-refractivity contribution >= 4 is 11.9 Å². The second-order valence-electron chi connectivity index (χ2n) is 26.0. The summed E-state index contributed by atoms with van der Waals surface area (Å²) in [6.07, 6.45) is 78.5. The van der Waals surface area contributed by atoms with E-state index in [2.05, 4.69) is 54.8 Å². The van der Waals surface area contributed by atoms with Gasteiger partial charge in [0.1, 0.15) is 24.4 Å². The summed E-state index contributed by atoms with van der Waals surface area (Å²) in [6.45, 7) is 4.12. The Balaban J connectivity index is 1.88. The summed E-state index contributed by atoms with van der Waals surface area (Å²) in [6, 6.07) is -0.832. The van der Waals surface area contributed by atoms with Crippen molar-refractivity contribution in [2.75, 3.05) is 19.8 Å². The van der Waals surface area contributed by atoms with Gasteiger partial charge in [-0.25, -0.2) is 0 Å². The van der Waals surface area contributed by atoms with Gasteiger partial charge in [0.05, 0.1) is 32.0 Å². The molecule has 0 radical (unpaired) electrons. The highest BCUT2D eigenvalue weighted by molar-refractivity contribution is 5.76. The molecular weight excluding hydrogens is 1100 g/mol. The van der Waals surface area contributed by atoms with Crippen LogP contribution in [-0.2, 0) is 23.8 Å². The zero-order chi connectivity index (χ0) is 63.7. The topological polar surface area (TPSA) is 175 Å². The standard InChI is InChI=1S/C77H141NO10/c1-3-5-7-9-11-13-14-15-16-17-32-36-39-42-45-49-53-57-61-65-73(82)86-66-62-58-54-50-46-43-40-37-34-31-29-27-25-23-21-19-18-20-22-24-26-28-30-33-35-38-41-44-48-52-56-60-64-72(81)78-69(70(80)63-59-55-51-47-12-10-8-6-4-2)68-87-77-76(85)75(84)74(83)71(67-79)88-77/h4,6,12,15-16,21,23,47,59,63,69-71,74-77,79-80,83-85H,3,5,7-11,13-14,17-20,22,24-46,48-58,60-62,64-68H2,1-2H3,(H,78,81)/b6-4+,16-15-,23-21-,47-12+,63-59+. The Hall–Kier alpha value is -2.64. The number of esters is 1. The summed E-state index contributed by atoms with van der Waals surface area (Å²) in [5.41, 5.74) is 0. The molecular formula is C77H141NO10. The zero-order valence-corrected chi connectivity index (χ0v) is 57.2. The average Bonchev–Trinajstić information content (AvgIpc) is 3.58. The van der Waals surface area contributed by atoms with E-state index in [0.29, 0.717) is 19.4 Å². The Kier molecular flexibility index (Phi) is 62.4. The SMILES string of the molecule is C/C=C/CC/C=C/CC/C=C/C(O)C(COC1OC(CO)C(O)C(O)C1O)NC(=O)CCCCCCCCCCCCCCCCCC/C=C\CCCCCCCCCCCCCCOC(=O)CCCCCCCCCCC/C=C\CCCCCCCC. The van der Waals surface area contributed by atoms with E-state index < -0.39 is 49.5 Å². The van der Waals surface area contributed by atoms with Gasteiger partial charge in [0.25, 0.3) is 0 Å². The maximum atomic E-state index is 13.0. The van der Waals surface area contributed by atoms with Crippen molar-refractivity contribution in [2.45, 2.75) is 397 Å². The molecule has 1 aliphatic heterocycles. The number of unbranched alkanes of at least 4 members (excludes halogenated alkanes) is 45. The van der Waals surface area contributed by atoms with E-state index in [0.717, 1.165) is 64.2 Å². The maximum Gasteiger partial charge on any atom is 0.305 e. The molecule has 514 valence electrons. The number of hydrogen-bond donors (Lipinski definition) is 6. The molecule has 7 unspecified atom stereocenters. The normalized spacial score (nSPS) is 18.1. The average molecular weight is 1240 g/mol. The molecule has 0 bridgehead atoms. The molecule has 6 N–H and O–H groups in total. The molecule has 0 aromatic carbocycles. The first kappa shape index (κ1) is 83.4. The van der Waals surface area contributed by atoms with Gasteiger partial charge >= 0.3 is 5.97 Å². The molecule has 0 spiro atoms. The molecule has 11 heteroatoms. The van der Waals surface area contributed by atoms with Crippen molar-refractivity contribution in [3.8, 4) is 0 Å². The number of rotatable bonds is 66. The molecule has 0 aromatic rings. The lowest BCUT2D eigenvalue weighted by atomic mass is 9.99. The van der Waals surface area contributed by atoms with Crippen LogP contribution in [0.1, 0.15) is 354 Å². The summed E-state index contributed by atoms with van der Waals surface area (Å²) in [5, 5.41) is 54.2. The predicted octanol–water partition coefficient (Wildman–Crippen LogP) is 19.7. The predicted molar refractivity (Wildman–Crippen MR) is 370 cm³/mol. The first-order valence-corrected chi connectivity index (χ1v) is 37.5. The summed E-state index contributed by atoms with van der Waals surface area (Å²) >= 11 is 0. The van der Waals surface area contributed by atoms with Crippen LogP contribution >= 0.6 is 0 Å². The minimum atomic E-state index is -1.58. The third-order valence-corrected chi connectivity index (χ3v) is 17.6. The van der Waals surface area contributed by atoms with E-state index >= 15 is 0 Å². The third kappa shape index (κ3) is 54.0. The van der Waals surface area contributed by atoms with Crippen LogP contribution in [0.3, 0.4) is 0 Å². The van der Waals surface area contributed by atoms with Crippen molar-refractivity contribution in [3.63, 3.8) is 0 Å². The van der Waals surface area contributed by atoms with Crippen LogP contribution in [0.5, 0.6) is 0 Å². The maximum absolute atomic E-state index is 13.0. The van der Waals surface area contributed by atoms with E-state index in [1.807, 2.05) is 19.1 Å². The number of aliphatic hydroxyl groups excluding tert-OH is 5. The van der Waals surface area contributed by atoms with E-state index in [4.69, 9.17) is 14.2 Å². The summed E-state index contributed by atoms with van der Waals surface area (Å²) in [5.74, 6) is -0.187. The fraction of sp³-hybridized carbons (Fsp3) is 0.844. The van der Waals surface area contributed by atoms with Gasteiger partial charge in [0, 0.05) is 12.8 Å². The van der Waals surface area contributed by atoms with Crippen LogP contribution in [0.4, 0.5) is 0 Å². The Morgan fingerprint density at radius 1 is 0.432 bits per heavy atom. The molecule has 1 aliphatic rings. The lowest BCUT2D eigenvalue weighted by Crippen LogP contribution is -2.60. The van der Waals surface area contributed by atoms with Gasteiger partial charge in [-0.3, -0.25) is 9.59 Å². The van der Waals surface area contributed by atoms with Crippen molar-refractivity contribution in [3.05, 3.63) is 60.8 Å². The monoisotopic (exact) mass is 1240 g/mol. The number of nitrogens with one attached hydrogen (secondary N) is 1. The van der Waals surface area contributed by atoms with Gasteiger partial charge in [-0.15, -0.1) is 0 Å². The van der Waals surface area contributed by atoms with Gasteiger partial charge in [0.15, 0.2) is 6.29 Å². The van der Waals surface area contributed by atoms with Crippen molar-refractivity contribution in [1.82, 2.24) is 5.32 Å². The molecule has 1 saturated heterocycles. The largest absolute Gasteiger partial charge is 0.466 e. The molecule has 0 aromatic heterocycles. The van der Waals surface area contributed by atoms with E-state index in [1.54, 1.807) is 6.08 Å².